The Kier molecular flexibility index (Phi) is 5.97. The summed E-state index contributed by atoms with van der Waals surface area (Å²) < 4.78 is 0. The van der Waals surface area contributed by atoms with Gasteiger partial charge in [-0.3, -0.25) is 9.59 Å². The molecule has 1 heterocycles. The zero-order valence-electron chi connectivity index (χ0n) is 10.8. The van der Waals surface area contributed by atoms with Crippen LogP contribution < -0.4 is 10.6 Å². The lowest BCUT2D eigenvalue weighted by molar-refractivity contribution is -0.136. The maximum atomic E-state index is 11.9. The molecule has 0 radical (unpaired) electrons. The van der Waals surface area contributed by atoms with Crippen molar-refractivity contribution >= 4 is 11.8 Å². The molecule has 17 heavy (non-hydrogen) atoms. The molecular formula is C12H23N3O2. The quantitative estimate of drug-likeness (QED) is 0.694. The summed E-state index contributed by atoms with van der Waals surface area (Å²) in [5, 5.41) is 5.83. The maximum absolute atomic E-state index is 11.9. The summed E-state index contributed by atoms with van der Waals surface area (Å²) in [6, 6.07) is -0.0672. The third-order valence-electron chi connectivity index (χ3n) is 3.06. The van der Waals surface area contributed by atoms with E-state index in [1.165, 1.54) is 0 Å². The van der Waals surface area contributed by atoms with E-state index >= 15 is 0 Å². The lowest BCUT2D eigenvalue weighted by Gasteiger charge is -2.31. The maximum Gasteiger partial charge on any atom is 0.239 e. The molecule has 1 aliphatic heterocycles. The summed E-state index contributed by atoms with van der Waals surface area (Å²) in [5.74, 6) is 0.160. The van der Waals surface area contributed by atoms with Gasteiger partial charge in [-0.05, 0) is 26.3 Å². The van der Waals surface area contributed by atoms with Crippen LogP contribution in [-0.2, 0) is 9.59 Å². The van der Waals surface area contributed by atoms with Crippen molar-refractivity contribution in [1.29, 1.82) is 0 Å². The first-order chi connectivity index (χ1) is 8.19. The predicted octanol–water partition coefficient (Wildman–Crippen LogP) is 0.113. The molecule has 5 nitrogen and oxygen atoms in total. The first kappa shape index (κ1) is 14.0. The Morgan fingerprint density at radius 3 is 2.94 bits per heavy atom. The van der Waals surface area contributed by atoms with Gasteiger partial charge in [0.2, 0.25) is 11.8 Å². The average molecular weight is 241 g/mol. The van der Waals surface area contributed by atoms with Gasteiger partial charge in [-0.2, -0.15) is 0 Å². The summed E-state index contributed by atoms with van der Waals surface area (Å²) >= 11 is 0. The van der Waals surface area contributed by atoms with Crippen LogP contribution in [0.5, 0.6) is 0 Å². The van der Waals surface area contributed by atoms with Crippen LogP contribution in [0.3, 0.4) is 0 Å². The number of nitrogens with one attached hydrogen (secondary N) is 2. The second-order valence-electron chi connectivity index (χ2n) is 4.41. The van der Waals surface area contributed by atoms with Gasteiger partial charge in [-0.1, -0.05) is 6.92 Å². The molecule has 5 heteroatoms. The lowest BCUT2D eigenvalue weighted by Crippen LogP contribution is -2.50. The molecule has 98 valence electrons. The summed E-state index contributed by atoms with van der Waals surface area (Å²) in [6.07, 6.45) is 3.25. The molecule has 1 aliphatic rings. The minimum absolute atomic E-state index is 0.0335. The summed E-state index contributed by atoms with van der Waals surface area (Å²) in [7, 11) is 1.81. The Labute approximate surface area is 103 Å². The van der Waals surface area contributed by atoms with Crippen LogP contribution >= 0.6 is 0 Å². The van der Waals surface area contributed by atoms with Crippen LogP contribution in [0.1, 0.15) is 32.6 Å². The number of hydrogen-bond donors (Lipinski definition) is 2. The number of carbonyl (C=O) groups is 2. The fourth-order valence-corrected chi connectivity index (χ4v) is 2.02. The van der Waals surface area contributed by atoms with Crippen molar-refractivity contribution in [3.05, 3.63) is 0 Å². The molecule has 0 aromatic heterocycles. The van der Waals surface area contributed by atoms with Gasteiger partial charge < -0.3 is 15.5 Å². The number of rotatable bonds is 6. The number of likely N-dealkylation sites (N-methyl/N-ethyl adjacent to an activating group) is 1. The minimum Gasteiger partial charge on any atom is -0.356 e. The van der Waals surface area contributed by atoms with E-state index in [4.69, 9.17) is 0 Å². The van der Waals surface area contributed by atoms with Crippen molar-refractivity contribution in [2.24, 2.45) is 0 Å². The number of likely N-dealkylation sites (tertiary alicyclic amines) is 1. The molecule has 0 spiro atoms. The summed E-state index contributed by atoms with van der Waals surface area (Å²) in [4.78, 5) is 25.1. The van der Waals surface area contributed by atoms with E-state index in [1.54, 1.807) is 11.9 Å². The number of piperidine rings is 1. The highest BCUT2D eigenvalue weighted by atomic mass is 16.2. The van der Waals surface area contributed by atoms with Crippen LogP contribution in [0.15, 0.2) is 0 Å². The largest absolute Gasteiger partial charge is 0.356 e. The van der Waals surface area contributed by atoms with Gasteiger partial charge >= 0.3 is 0 Å². The molecule has 1 atom stereocenters. The Hall–Kier alpha value is -1.10. The molecule has 1 fully saturated rings. The van der Waals surface area contributed by atoms with Crippen LogP contribution in [-0.4, -0.2) is 49.4 Å². The lowest BCUT2D eigenvalue weighted by atomic mass is 10.0. The van der Waals surface area contributed by atoms with Crippen molar-refractivity contribution < 1.29 is 9.59 Å². The van der Waals surface area contributed by atoms with E-state index in [0.717, 1.165) is 25.8 Å². The predicted molar refractivity (Wildman–Crippen MR) is 66.6 cm³/mol. The SMILES string of the molecule is CCCNC(=O)CCN1CCCC(NC)C1=O. The van der Waals surface area contributed by atoms with Crippen LogP contribution in [0, 0.1) is 0 Å². The van der Waals surface area contributed by atoms with Gasteiger partial charge in [0.05, 0.1) is 6.04 Å². The van der Waals surface area contributed by atoms with Gasteiger partial charge in [-0.15, -0.1) is 0 Å². The Bertz CT molecular complexity index is 268. The van der Waals surface area contributed by atoms with Gasteiger partial charge in [0.25, 0.3) is 0 Å². The third kappa shape index (κ3) is 4.34. The summed E-state index contributed by atoms with van der Waals surface area (Å²) in [5.41, 5.74) is 0. The fraction of sp³-hybridized carbons (Fsp3) is 0.833. The van der Waals surface area contributed by atoms with Crippen molar-refractivity contribution in [2.75, 3.05) is 26.7 Å². The number of nitrogens with zero attached hydrogens (tertiary/aromatic N) is 1. The van der Waals surface area contributed by atoms with Gasteiger partial charge in [0.1, 0.15) is 0 Å². The summed E-state index contributed by atoms with van der Waals surface area (Å²) in [6.45, 7) is 4.04. The molecule has 1 unspecified atom stereocenters. The van der Waals surface area contributed by atoms with Crippen LogP contribution in [0.25, 0.3) is 0 Å². The van der Waals surface area contributed by atoms with Crippen molar-refractivity contribution in [1.82, 2.24) is 15.5 Å². The van der Waals surface area contributed by atoms with Gasteiger partial charge in [0.15, 0.2) is 0 Å². The number of hydrogen-bond acceptors (Lipinski definition) is 3. The fourth-order valence-electron chi connectivity index (χ4n) is 2.02. The molecule has 2 N–H and O–H groups in total. The second-order valence-corrected chi connectivity index (χ2v) is 4.41. The first-order valence-corrected chi connectivity index (χ1v) is 6.41. The molecule has 0 aromatic carbocycles. The molecule has 1 rings (SSSR count). The first-order valence-electron chi connectivity index (χ1n) is 6.41. The highest BCUT2D eigenvalue weighted by Crippen LogP contribution is 2.11. The Balaban J connectivity index is 2.30. The van der Waals surface area contributed by atoms with Crippen LogP contribution in [0.4, 0.5) is 0 Å². The highest BCUT2D eigenvalue weighted by molar-refractivity contribution is 5.83. The molecule has 0 aromatic rings. The Morgan fingerprint density at radius 2 is 2.29 bits per heavy atom. The third-order valence-corrected chi connectivity index (χ3v) is 3.06. The molecular weight excluding hydrogens is 218 g/mol. The Morgan fingerprint density at radius 1 is 1.53 bits per heavy atom. The molecule has 0 aliphatic carbocycles. The topological polar surface area (TPSA) is 61.4 Å². The van der Waals surface area contributed by atoms with Crippen molar-refractivity contribution in [3.8, 4) is 0 Å². The number of carbonyl (C=O) groups excluding carboxylic acids is 2. The van der Waals surface area contributed by atoms with Gasteiger partial charge in [0, 0.05) is 26.1 Å². The van der Waals surface area contributed by atoms with E-state index in [-0.39, 0.29) is 17.9 Å². The molecule has 1 saturated heterocycles. The molecule has 0 bridgehead atoms. The van der Waals surface area contributed by atoms with Crippen molar-refractivity contribution in [3.63, 3.8) is 0 Å². The average Bonchev–Trinajstić information content (AvgIpc) is 2.35. The van der Waals surface area contributed by atoms with E-state index in [0.29, 0.717) is 19.5 Å². The highest BCUT2D eigenvalue weighted by Gasteiger charge is 2.27. The smallest absolute Gasteiger partial charge is 0.239 e. The van der Waals surface area contributed by atoms with Gasteiger partial charge in [-0.25, -0.2) is 0 Å². The standard InChI is InChI=1S/C12H23N3O2/c1-3-7-14-11(16)6-9-15-8-4-5-10(13-2)12(15)17/h10,13H,3-9H2,1-2H3,(H,14,16). The number of amides is 2. The van der Waals surface area contributed by atoms with Crippen molar-refractivity contribution in [2.45, 2.75) is 38.6 Å². The molecule has 2 amide bonds. The van der Waals surface area contributed by atoms with E-state index in [2.05, 4.69) is 10.6 Å². The normalized spacial score (nSPS) is 20.5. The monoisotopic (exact) mass is 241 g/mol. The van der Waals surface area contributed by atoms with E-state index in [9.17, 15) is 9.59 Å². The van der Waals surface area contributed by atoms with E-state index < -0.39 is 0 Å². The minimum atomic E-state index is -0.0672. The van der Waals surface area contributed by atoms with E-state index in [1.807, 2.05) is 6.92 Å². The van der Waals surface area contributed by atoms with Crippen LogP contribution in [0.2, 0.25) is 0 Å². The zero-order chi connectivity index (χ0) is 12.7. The molecule has 0 saturated carbocycles. The second kappa shape index (κ2) is 7.27. The zero-order valence-corrected chi connectivity index (χ0v) is 10.8.